The molecule has 5 aromatic rings. The topological polar surface area (TPSA) is 115 Å². The van der Waals surface area contributed by atoms with Gasteiger partial charge in [-0.25, -0.2) is 19.4 Å². The van der Waals surface area contributed by atoms with E-state index >= 15 is 0 Å². The molecule has 1 atom stereocenters. The maximum absolute atomic E-state index is 13.3. The van der Waals surface area contributed by atoms with Crippen LogP contribution in [0.3, 0.4) is 0 Å². The van der Waals surface area contributed by atoms with Gasteiger partial charge >= 0.3 is 5.97 Å². The summed E-state index contributed by atoms with van der Waals surface area (Å²) in [5.74, 6) is -1.01. The van der Waals surface area contributed by atoms with Crippen molar-refractivity contribution in [2.45, 2.75) is 19.9 Å². The molecule has 5 rings (SSSR count). The van der Waals surface area contributed by atoms with Crippen LogP contribution in [-0.4, -0.2) is 35.4 Å². The first-order valence-corrected chi connectivity index (χ1v) is 10.7. The van der Waals surface area contributed by atoms with Gasteiger partial charge in [0.05, 0.1) is 18.0 Å². The van der Waals surface area contributed by atoms with Crippen LogP contribution in [0.15, 0.2) is 66.1 Å². The summed E-state index contributed by atoms with van der Waals surface area (Å²) in [5, 5.41) is 19.7. The third-order valence-corrected chi connectivity index (χ3v) is 5.94. The van der Waals surface area contributed by atoms with Crippen LogP contribution in [0.4, 0.5) is 5.69 Å². The number of aromatic nitrogens is 5. The molecule has 3 heterocycles. The van der Waals surface area contributed by atoms with Crippen molar-refractivity contribution in [1.29, 1.82) is 0 Å². The monoisotopic (exact) mass is 454 g/mol. The number of pyridine rings is 1. The maximum Gasteiger partial charge on any atom is 0.337 e. The summed E-state index contributed by atoms with van der Waals surface area (Å²) in [7, 11) is 1.70. The number of para-hydroxylation sites is 1. The Hall–Kier alpha value is -4.53. The SMILES string of the molecule is Cc1cc(C(C)Nc2ccccc2C(=O)O)c2c(c1)c(=O)n(C)c1nn(-c3cncnc3)cc21. The smallest absolute Gasteiger partial charge is 0.337 e. The first kappa shape index (κ1) is 21.3. The molecule has 0 radical (unpaired) electrons. The number of carboxylic acids is 1. The second-order valence-corrected chi connectivity index (χ2v) is 8.27. The van der Waals surface area contributed by atoms with Gasteiger partial charge in [0.1, 0.15) is 12.0 Å². The third kappa shape index (κ3) is 3.47. The number of nitrogens with one attached hydrogen (secondary N) is 1. The van der Waals surface area contributed by atoms with Crippen molar-refractivity contribution in [3.8, 4) is 5.69 Å². The van der Waals surface area contributed by atoms with E-state index in [-0.39, 0.29) is 17.2 Å². The van der Waals surface area contributed by atoms with E-state index in [9.17, 15) is 14.7 Å². The zero-order chi connectivity index (χ0) is 24.0. The number of benzene rings is 2. The van der Waals surface area contributed by atoms with E-state index in [1.165, 1.54) is 6.33 Å². The van der Waals surface area contributed by atoms with Crippen molar-refractivity contribution in [3.05, 3.63) is 88.4 Å². The quantitative estimate of drug-likeness (QED) is 0.414. The maximum atomic E-state index is 13.3. The number of anilines is 1. The largest absolute Gasteiger partial charge is 0.478 e. The Balaban J connectivity index is 1.75. The van der Waals surface area contributed by atoms with Crippen LogP contribution in [0.25, 0.3) is 27.5 Å². The molecule has 0 saturated heterocycles. The van der Waals surface area contributed by atoms with Crippen molar-refractivity contribution in [1.82, 2.24) is 24.3 Å². The van der Waals surface area contributed by atoms with Gasteiger partial charge < -0.3 is 10.4 Å². The van der Waals surface area contributed by atoms with E-state index in [1.54, 1.807) is 53.0 Å². The summed E-state index contributed by atoms with van der Waals surface area (Å²) >= 11 is 0. The van der Waals surface area contributed by atoms with Crippen LogP contribution in [0.2, 0.25) is 0 Å². The van der Waals surface area contributed by atoms with Crippen molar-refractivity contribution in [2.75, 3.05) is 5.32 Å². The van der Waals surface area contributed by atoms with Crippen molar-refractivity contribution >= 4 is 33.5 Å². The Kier molecular flexibility index (Phi) is 5.09. The predicted molar refractivity (Wildman–Crippen MR) is 130 cm³/mol. The Morgan fingerprint density at radius 2 is 1.85 bits per heavy atom. The second kappa shape index (κ2) is 8.11. The molecule has 3 aromatic heterocycles. The first-order chi connectivity index (χ1) is 16.3. The fourth-order valence-corrected chi connectivity index (χ4v) is 4.34. The van der Waals surface area contributed by atoms with Gasteiger partial charge in [-0.3, -0.25) is 9.36 Å². The highest BCUT2D eigenvalue weighted by Crippen LogP contribution is 2.33. The van der Waals surface area contributed by atoms with Crippen LogP contribution < -0.4 is 10.9 Å². The second-order valence-electron chi connectivity index (χ2n) is 8.27. The lowest BCUT2D eigenvalue weighted by Gasteiger charge is -2.20. The van der Waals surface area contributed by atoms with Crippen molar-refractivity contribution < 1.29 is 9.90 Å². The summed E-state index contributed by atoms with van der Waals surface area (Å²) in [5.41, 5.74) is 3.56. The summed E-state index contributed by atoms with van der Waals surface area (Å²) in [4.78, 5) is 33.1. The molecule has 170 valence electrons. The third-order valence-electron chi connectivity index (χ3n) is 5.94. The minimum Gasteiger partial charge on any atom is -0.478 e. The first-order valence-electron chi connectivity index (χ1n) is 10.7. The highest BCUT2D eigenvalue weighted by Gasteiger charge is 2.20. The number of fused-ring (bicyclic) bond motifs is 3. The van der Waals surface area contributed by atoms with Crippen LogP contribution in [-0.2, 0) is 7.05 Å². The molecule has 0 aliphatic rings. The van der Waals surface area contributed by atoms with E-state index in [4.69, 9.17) is 0 Å². The fraction of sp³-hybridized carbons (Fsp3) is 0.160. The van der Waals surface area contributed by atoms with E-state index in [0.29, 0.717) is 22.4 Å². The lowest BCUT2D eigenvalue weighted by molar-refractivity contribution is 0.0698. The van der Waals surface area contributed by atoms with E-state index in [1.807, 2.05) is 32.2 Å². The highest BCUT2D eigenvalue weighted by atomic mass is 16.4. The standard InChI is InChI=1S/C25H22N6O3/c1-14-8-18(15(2)28-21-7-5-4-6-17(21)25(33)34)22-19(9-14)24(32)30(3)23-20(22)12-31(29-23)16-10-26-13-27-11-16/h4-13,15,28H,1-3H3,(H,33,34). The van der Waals surface area contributed by atoms with Crippen LogP contribution >= 0.6 is 0 Å². The summed E-state index contributed by atoms with van der Waals surface area (Å²) in [6, 6.07) is 10.4. The number of rotatable bonds is 5. The van der Waals surface area contributed by atoms with Gasteiger partial charge in [-0.1, -0.05) is 18.2 Å². The fourth-order valence-electron chi connectivity index (χ4n) is 4.34. The van der Waals surface area contributed by atoms with E-state index in [0.717, 1.165) is 21.9 Å². The molecular formula is C25H22N6O3. The predicted octanol–water partition coefficient (Wildman–Crippen LogP) is 3.85. The number of carboxylic acid groups (broad SMARTS) is 1. The molecule has 0 aliphatic carbocycles. The molecule has 1 unspecified atom stereocenters. The Morgan fingerprint density at radius 3 is 2.59 bits per heavy atom. The molecular weight excluding hydrogens is 432 g/mol. The Morgan fingerprint density at radius 1 is 1.12 bits per heavy atom. The van der Waals surface area contributed by atoms with E-state index in [2.05, 4.69) is 20.4 Å². The summed E-state index contributed by atoms with van der Waals surface area (Å²) in [6.45, 7) is 3.89. The molecule has 0 amide bonds. The number of hydrogen-bond donors (Lipinski definition) is 2. The minimum absolute atomic E-state index is 0.153. The Bertz CT molecular complexity index is 1620. The number of hydrogen-bond acceptors (Lipinski definition) is 6. The average molecular weight is 454 g/mol. The van der Waals surface area contributed by atoms with Gasteiger partial charge in [-0.2, -0.15) is 0 Å². The van der Waals surface area contributed by atoms with Crippen LogP contribution in [0, 0.1) is 6.92 Å². The summed E-state index contributed by atoms with van der Waals surface area (Å²) in [6.07, 6.45) is 6.61. The molecule has 0 bridgehead atoms. The van der Waals surface area contributed by atoms with Gasteiger partial charge in [0.25, 0.3) is 5.56 Å². The molecule has 34 heavy (non-hydrogen) atoms. The summed E-state index contributed by atoms with van der Waals surface area (Å²) < 4.78 is 3.20. The highest BCUT2D eigenvalue weighted by molar-refractivity contribution is 6.07. The minimum atomic E-state index is -1.01. The number of aryl methyl sites for hydroxylation is 2. The Labute approximate surface area is 194 Å². The van der Waals surface area contributed by atoms with Crippen molar-refractivity contribution in [2.24, 2.45) is 7.05 Å². The normalized spacial score (nSPS) is 12.2. The van der Waals surface area contributed by atoms with Gasteiger partial charge in [0, 0.05) is 41.1 Å². The number of carbonyl (C=O) groups is 1. The zero-order valence-corrected chi connectivity index (χ0v) is 18.9. The van der Waals surface area contributed by atoms with Crippen LogP contribution in [0.1, 0.15) is 34.5 Å². The molecule has 0 saturated carbocycles. The molecule has 2 N–H and O–H groups in total. The molecule has 9 nitrogen and oxygen atoms in total. The molecule has 9 heteroatoms. The molecule has 0 fully saturated rings. The molecule has 0 aliphatic heterocycles. The molecule has 2 aromatic carbocycles. The van der Waals surface area contributed by atoms with Crippen LogP contribution in [0.5, 0.6) is 0 Å². The van der Waals surface area contributed by atoms with Gasteiger partial charge in [-0.15, -0.1) is 5.10 Å². The number of aromatic carboxylic acids is 1. The lowest BCUT2D eigenvalue weighted by Crippen LogP contribution is -2.19. The van der Waals surface area contributed by atoms with Gasteiger partial charge in [-0.05, 0) is 43.2 Å². The van der Waals surface area contributed by atoms with Crippen molar-refractivity contribution in [3.63, 3.8) is 0 Å². The zero-order valence-electron chi connectivity index (χ0n) is 18.9. The average Bonchev–Trinajstić information content (AvgIpc) is 3.28. The molecule has 0 spiro atoms. The van der Waals surface area contributed by atoms with Gasteiger partial charge in [0.15, 0.2) is 5.65 Å². The lowest BCUT2D eigenvalue weighted by atomic mass is 9.95. The van der Waals surface area contributed by atoms with Gasteiger partial charge in [0.2, 0.25) is 0 Å². The number of nitrogens with zero attached hydrogens (tertiary/aromatic N) is 5. The van der Waals surface area contributed by atoms with E-state index < -0.39 is 5.97 Å².